The van der Waals surface area contributed by atoms with Crippen LogP contribution in [-0.4, -0.2) is 40.3 Å². The summed E-state index contributed by atoms with van der Waals surface area (Å²) in [6, 6.07) is 0. The predicted molar refractivity (Wildman–Crippen MR) is 99.6 cm³/mol. The number of carbonyl (C=O) groups is 2. The lowest BCUT2D eigenvalue weighted by Gasteiger charge is -2.66. The third-order valence-electron chi connectivity index (χ3n) is 8.86. The minimum atomic E-state index is -1.16. The van der Waals surface area contributed by atoms with Gasteiger partial charge in [-0.2, -0.15) is 0 Å². The average Bonchev–Trinajstić information content (AvgIpc) is 2.69. The van der Waals surface area contributed by atoms with E-state index in [-0.39, 0.29) is 29.0 Å². The van der Waals surface area contributed by atoms with E-state index in [0.29, 0.717) is 24.8 Å². The third-order valence-corrected chi connectivity index (χ3v) is 8.86. The maximum Gasteiger partial charge on any atom is 0.302 e. The predicted octanol–water partition coefficient (Wildman–Crippen LogP) is 2.64. The van der Waals surface area contributed by atoms with E-state index in [1.54, 1.807) is 0 Å². The number of ketones is 1. The Bertz CT molecular complexity index is 711. The van der Waals surface area contributed by atoms with Gasteiger partial charge in [-0.1, -0.05) is 27.4 Å². The number of ether oxygens (including phenoxy) is 1. The van der Waals surface area contributed by atoms with Crippen molar-refractivity contribution < 1.29 is 24.5 Å². The minimum absolute atomic E-state index is 0.0333. The standard InChI is InChI=1S/C22H32O5/c1-11-13-6-7-14-21(5)15(20(3,4)9-8-16(21)24)10-17(27-12(2)23)22(14,18(11)25)19(13)26/h13-17,19,24,26H,1,6-10H2,2-5H3/t13-,14-,15+,16-,17+,19+,21-,22-/m0/s1. The number of hydrogen-bond acceptors (Lipinski definition) is 5. The van der Waals surface area contributed by atoms with E-state index in [2.05, 4.69) is 27.4 Å². The molecule has 0 unspecified atom stereocenters. The summed E-state index contributed by atoms with van der Waals surface area (Å²) in [5.74, 6) is -0.949. The number of aliphatic hydroxyl groups excluding tert-OH is 2. The number of aliphatic hydroxyl groups is 2. The van der Waals surface area contributed by atoms with Crippen LogP contribution >= 0.6 is 0 Å². The molecule has 1 spiro atoms. The summed E-state index contributed by atoms with van der Waals surface area (Å²) in [5.41, 5.74) is -1.22. The first kappa shape index (κ1) is 19.1. The van der Waals surface area contributed by atoms with Crippen LogP contribution in [0.4, 0.5) is 0 Å². The molecule has 4 fully saturated rings. The van der Waals surface area contributed by atoms with Crippen molar-refractivity contribution in [3.63, 3.8) is 0 Å². The second-order valence-electron chi connectivity index (χ2n) is 10.3. The number of hydrogen-bond donors (Lipinski definition) is 2. The monoisotopic (exact) mass is 376 g/mol. The van der Waals surface area contributed by atoms with Crippen molar-refractivity contribution in [1.29, 1.82) is 0 Å². The Balaban J connectivity index is 1.93. The molecule has 2 N–H and O–H groups in total. The zero-order chi connectivity index (χ0) is 19.9. The summed E-state index contributed by atoms with van der Waals surface area (Å²) in [6.45, 7) is 11.9. The van der Waals surface area contributed by atoms with Gasteiger partial charge in [0.05, 0.1) is 17.6 Å². The van der Waals surface area contributed by atoms with E-state index < -0.39 is 35.1 Å². The Morgan fingerprint density at radius 2 is 1.81 bits per heavy atom. The van der Waals surface area contributed by atoms with E-state index in [9.17, 15) is 19.8 Å². The van der Waals surface area contributed by atoms with Crippen molar-refractivity contribution in [2.24, 2.45) is 34.0 Å². The summed E-state index contributed by atoms with van der Waals surface area (Å²) in [4.78, 5) is 25.4. The number of esters is 1. The Hall–Kier alpha value is -1.20. The largest absolute Gasteiger partial charge is 0.461 e. The van der Waals surface area contributed by atoms with E-state index in [4.69, 9.17) is 4.74 Å². The van der Waals surface area contributed by atoms with Crippen LogP contribution in [0.3, 0.4) is 0 Å². The van der Waals surface area contributed by atoms with Gasteiger partial charge in [-0.05, 0) is 54.9 Å². The highest BCUT2D eigenvalue weighted by atomic mass is 16.5. The maximum absolute atomic E-state index is 13.5. The number of rotatable bonds is 1. The van der Waals surface area contributed by atoms with Crippen molar-refractivity contribution >= 4 is 11.8 Å². The fraction of sp³-hybridized carbons (Fsp3) is 0.818. The highest BCUT2D eigenvalue weighted by molar-refractivity contribution is 6.04. The molecule has 4 saturated carbocycles. The molecule has 0 aromatic heterocycles. The molecule has 4 aliphatic carbocycles. The number of carbonyl (C=O) groups excluding carboxylic acids is 2. The first-order valence-electron chi connectivity index (χ1n) is 10.3. The molecule has 27 heavy (non-hydrogen) atoms. The summed E-state index contributed by atoms with van der Waals surface area (Å²) >= 11 is 0. The van der Waals surface area contributed by atoms with Gasteiger partial charge in [0.15, 0.2) is 5.78 Å². The van der Waals surface area contributed by atoms with Crippen LogP contribution in [0.5, 0.6) is 0 Å². The van der Waals surface area contributed by atoms with Gasteiger partial charge >= 0.3 is 5.97 Å². The molecule has 4 aliphatic rings. The highest BCUT2D eigenvalue weighted by Gasteiger charge is 2.76. The van der Waals surface area contributed by atoms with Crippen LogP contribution in [0.25, 0.3) is 0 Å². The molecule has 8 atom stereocenters. The van der Waals surface area contributed by atoms with Crippen molar-refractivity contribution in [2.75, 3.05) is 0 Å². The molecule has 5 nitrogen and oxygen atoms in total. The van der Waals surface area contributed by atoms with Gasteiger partial charge in [0.25, 0.3) is 0 Å². The molecule has 4 rings (SSSR count). The Morgan fingerprint density at radius 3 is 2.44 bits per heavy atom. The molecule has 2 bridgehead atoms. The molecule has 150 valence electrons. The first-order chi connectivity index (χ1) is 12.5. The van der Waals surface area contributed by atoms with E-state index in [1.165, 1.54) is 6.92 Å². The van der Waals surface area contributed by atoms with Crippen molar-refractivity contribution in [3.8, 4) is 0 Å². The zero-order valence-corrected chi connectivity index (χ0v) is 16.8. The third kappa shape index (κ3) is 2.13. The van der Waals surface area contributed by atoms with Gasteiger partial charge < -0.3 is 14.9 Å². The summed E-state index contributed by atoms with van der Waals surface area (Å²) in [6.07, 6.45) is 1.44. The van der Waals surface area contributed by atoms with Gasteiger partial charge in [0.2, 0.25) is 0 Å². The summed E-state index contributed by atoms with van der Waals surface area (Å²) in [5, 5.41) is 22.4. The van der Waals surface area contributed by atoms with Crippen LogP contribution < -0.4 is 0 Å². The SMILES string of the molecule is C=C1C(=O)[C@]23[C@H](O)[C@H]1CC[C@H]2[C@@]1(C)[C@H](C[C@H]3OC(C)=O)C(C)(C)CC[C@@H]1O. The topological polar surface area (TPSA) is 83.8 Å². The van der Waals surface area contributed by atoms with Gasteiger partial charge in [-0.25, -0.2) is 0 Å². The zero-order valence-electron chi connectivity index (χ0n) is 16.8. The van der Waals surface area contributed by atoms with Crippen LogP contribution in [0.1, 0.15) is 59.8 Å². The lowest BCUT2D eigenvalue weighted by molar-refractivity contribution is -0.256. The van der Waals surface area contributed by atoms with E-state index >= 15 is 0 Å². The average molecular weight is 376 g/mol. The molecule has 0 radical (unpaired) electrons. The highest BCUT2D eigenvalue weighted by Crippen LogP contribution is 2.71. The molecule has 0 heterocycles. The lowest BCUT2D eigenvalue weighted by atomic mass is 9.39. The van der Waals surface area contributed by atoms with E-state index in [0.717, 1.165) is 12.8 Å². The van der Waals surface area contributed by atoms with Crippen molar-refractivity contribution in [1.82, 2.24) is 0 Å². The first-order valence-corrected chi connectivity index (χ1v) is 10.3. The van der Waals surface area contributed by atoms with E-state index in [1.807, 2.05) is 0 Å². The van der Waals surface area contributed by atoms with Gasteiger partial charge in [-0.3, -0.25) is 9.59 Å². The Morgan fingerprint density at radius 1 is 1.15 bits per heavy atom. The quantitative estimate of drug-likeness (QED) is 0.543. The van der Waals surface area contributed by atoms with Gasteiger partial charge in [0.1, 0.15) is 6.10 Å². The number of Topliss-reactive ketones (excluding diaryl/α,β-unsaturated/α-hetero) is 1. The fourth-order valence-corrected chi connectivity index (χ4v) is 7.64. The van der Waals surface area contributed by atoms with Crippen LogP contribution in [-0.2, 0) is 14.3 Å². The smallest absolute Gasteiger partial charge is 0.302 e. The Kier molecular flexibility index (Phi) is 4.01. The van der Waals surface area contributed by atoms with Crippen LogP contribution in [0.2, 0.25) is 0 Å². The second kappa shape index (κ2) is 5.66. The lowest BCUT2D eigenvalue weighted by Crippen LogP contribution is -2.70. The minimum Gasteiger partial charge on any atom is -0.461 e. The maximum atomic E-state index is 13.5. The molecular formula is C22H32O5. The molecule has 0 amide bonds. The number of fused-ring (bicyclic) bond motifs is 3. The molecule has 5 heteroatoms. The molecule has 0 saturated heterocycles. The second-order valence-corrected chi connectivity index (χ2v) is 10.3. The van der Waals surface area contributed by atoms with Gasteiger partial charge in [-0.15, -0.1) is 0 Å². The van der Waals surface area contributed by atoms with Crippen molar-refractivity contribution in [2.45, 2.75) is 78.1 Å². The molecule has 0 aliphatic heterocycles. The normalized spacial score (nSPS) is 50.7. The molecule has 0 aromatic carbocycles. The Labute approximate surface area is 161 Å². The summed E-state index contributed by atoms with van der Waals surface area (Å²) in [7, 11) is 0. The van der Waals surface area contributed by atoms with Crippen molar-refractivity contribution in [3.05, 3.63) is 12.2 Å². The van der Waals surface area contributed by atoms with Crippen LogP contribution in [0.15, 0.2) is 12.2 Å². The van der Waals surface area contributed by atoms with Gasteiger partial charge in [0, 0.05) is 18.3 Å². The van der Waals surface area contributed by atoms with Crippen LogP contribution in [0, 0.1) is 34.0 Å². The molecule has 0 aromatic rings. The summed E-state index contributed by atoms with van der Waals surface area (Å²) < 4.78 is 5.75. The fourth-order valence-electron chi connectivity index (χ4n) is 7.64. The molecular weight excluding hydrogens is 344 g/mol.